The van der Waals surface area contributed by atoms with E-state index in [-0.39, 0.29) is 25.4 Å². The molecule has 1 saturated heterocycles. The van der Waals surface area contributed by atoms with Crippen molar-refractivity contribution in [3.8, 4) is 0 Å². The van der Waals surface area contributed by atoms with Gasteiger partial charge >= 0.3 is 5.97 Å². The third-order valence-electron chi connectivity index (χ3n) is 4.68. The third kappa shape index (κ3) is 2.58. The number of likely N-dealkylation sites (tertiary alicyclic amines) is 1. The Morgan fingerprint density at radius 2 is 1.95 bits per heavy atom. The number of rotatable bonds is 4. The fourth-order valence-electron chi connectivity index (χ4n) is 3.08. The Balaban J connectivity index is 1.73. The molecule has 0 radical (unpaired) electrons. The molecule has 1 aliphatic carbocycles. The maximum atomic E-state index is 14.1. The van der Waals surface area contributed by atoms with Crippen LogP contribution in [-0.4, -0.2) is 40.6 Å². The number of alkyl halides is 1. The van der Waals surface area contributed by atoms with Crippen LogP contribution in [0.2, 0.25) is 5.02 Å². The van der Waals surface area contributed by atoms with Gasteiger partial charge in [-0.2, -0.15) is 0 Å². The van der Waals surface area contributed by atoms with Crippen LogP contribution in [-0.2, 0) is 16.0 Å². The highest BCUT2D eigenvalue weighted by atomic mass is 35.5. The van der Waals surface area contributed by atoms with E-state index < -0.39 is 17.1 Å². The van der Waals surface area contributed by atoms with E-state index in [1.807, 2.05) is 18.2 Å². The first-order valence-corrected chi connectivity index (χ1v) is 7.69. The molecule has 1 N–H and O–H groups in total. The maximum Gasteiger partial charge on any atom is 0.343 e. The molecular weight excluding hydrogens is 309 g/mol. The van der Waals surface area contributed by atoms with Crippen molar-refractivity contribution < 1.29 is 19.1 Å². The van der Waals surface area contributed by atoms with E-state index in [0.29, 0.717) is 11.4 Å². The second-order valence-corrected chi connectivity index (χ2v) is 6.70. The first-order chi connectivity index (χ1) is 10.4. The van der Waals surface area contributed by atoms with E-state index in [0.717, 1.165) is 18.4 Å². The minimum absolute atomic E-state index is 0.143. The van der Waals surface area contributed by atoms with Crippen LogP contribution in [0.5, 0.6) is 0 Å². The van der Waals surface area contributed by atoms with Crippen LogP contribution in [0.1, 0.15) is 24.8 Å². The highest BCUT2D eigenvalue weighted by molar-refractivity contribution is 6.31. The van der Waals surface area contributed by atoms with Crippen LogP contribution in [0.3, 0.4) is 0 Å². The summed E-state index contributed by atoms with van der Waals surface area (Å²) in [7, 11) is 0. The summed E-state index contributed by atoms with van der Waals surface area (Å²) >= 11 is 6.15. The lowest BCUT2D eigenvalue weighted by Gasteiger charge is -2.24. The summed E-state index contributed by atoms with van der Waals surface area (Å²) in [5, 5.41) is 9.55. The van der Waals surface area contributed by atoms with Gasteiger partial charge < -0.3 is 10.0 Å². The van der Waals surface area contributed by atoms with E-state index in [1.54, 1.807) is 6.07 Å². The Hall–Kier alpha value is -1.62. The van der Waals surface area contributed by atoms with Crippen molar-refractivity contribution in [1.29, 1.82) is 0 Å². The zero-order valence-electron chi connectivity index (χ0n) is 12.0. The molecule has 0 spiro atoms. The van der Waals surface area contributed by atoms with E-state index >= 15 is 0 Å². The Morgan fingerprint density at radius 1 is 1.27 bits per heavy atom. The number of carboxylic acid groups (broad SMARTS) is 1. The second kappa shape index (κ2) is 5.23. The minimum Gasteiger partial charge on any atom is -0.479 e. The number of benzene rings is 1. The smallest absolute Gasteiger partial charge is 0.343 e. The molecule has 22 heavy (non-hydrogen) atoms. The van der Waals surface area contributed by atoms with Crippen LogP contribution in [0, 0.1) is 5.41 Å². The molecule has 1 unspecified atom stereocenters. The molecular formula is C16H17ClFNO3. The monoisotopic (exact) mass is 325 g/mol. The van der Waals surface area contributed by atoms with Gasteiger partial charge in [0, 0.05) is 18.0 Å². The molecule has 118 valence electrons. The summed E-state index contributed by atoms with van der Waals surface area (Å²) in [5.74, 6) is -1.63. The topological polar surface area (TPSA) is 57.6 Å². The van der Waals surface area contributed by atoms with Crippen LogP contribution in [0.15, 0.2) is 24.3 Å². The van der Waals surface area contributed by atoms with Gasteiger partial charge in [0.05, 0.1) is 12.0 Å². The normalized spacial score (nSPS) is 26.0. The van der Waals surface area contributed by atoms with Crippen LogP contribution >= 0.6 is 11.6 Å². The van der Waals surface area contributed by atoms with Crippen molar-refractivity contribution in [3.05, 3.63) is 34.9 Å². The Morgan fingerprint density at radius 3 is 2.50 bits per heavy atom. The Kier molecular flexibility index (Phi) is 3.63. The zero-order valence-corrected chi connectivity index (χ0v) is 12.8. The van der Waals surface area contributed by atoms with E-state index in [4.69, 9.17) is 16.7 Å². The number of hydrogen-bond donors (Lipinski definition) is 1. The number of hydrogen-bond acceptors (Lipinski definition) is 2. The van der Waals surface area contributed by atoms with Crippen molar-refractivity contribution in [2.24, 2.45) is 5.41 Å². The van der Waals surface area contributed by atoms with Crippen molar-refractivity contribution in [2.45, 2.75) is 31.4 Å². The molecule has 3 rings (SSSR count). The standard InChI is InChI=1S/C16H17ClFNO3/c17-12-4-2-1-3-11(12)9-15(5-6-15)13(20)19-8-7-16(18,10-19)14(21)22/h1-4H,5-10H2,(H,21,22). The molecule has 0 bridgehead atoms. The van der Waals surface area contributed by atoms with Crippen LogP contribution < -0.4 is 0 Å². The molecule has 2 fully saturated rings. The predicted molar refractivity (Wildman–Crippen MR) is 79.5 cm³/mol. The average Bonchev–Trinajstić information content (AvgIpc) is 3.15. The maximum absolute atomic E-state index is 14.1. The van der Waals surface area contributed by atoms with Gasteiger partial charge in [-0.15, -0.1) is 0 Å². The highest BCUT2D eigenvalue weighted by Crippen LogP contribution is 2.51. The average molecular weight is 326 g/mol. The van der Waals surface area contributed by atoms with Gasteiger partial charge in [0.2, 0.25) is 11.6 Å². The lowest BCUT2D eigenvalue weighted by atomic mass is 9.95. The lowest BCUT2D eigenvalue weighted by Crippen LogP contribution is -2.42. The Bertz CT molecular complexity index is 632. The number of aliphatic carboxylic acids is 1. The summed E-state index contributed by atoms with van der Waals surface area (Å²) in [6, 6.07) is 7.37. The van der Waals surface area contributed by atoms with Gasteiger partial charge in [-0.3, -0.25) is 4.79 Å². The predicted octanol–water partition coefficient (Wildman–Crippen LogP) is 2.69. The van der Waals surface area contributed by atoms with Gasteiger partial charge in [-0.05, 0) is 30.9 Å². The summed E-state index contributed by atoms with van der Waals surface area (Å²) in [4.78, 5) is 25.0. The molecule has 1 atom stereocenters. The van der Waals surface area contributed by atoms with E-state index in [1.165, 1.54) is 4.90 Å². The molecule has 6 heteroatoms. The Labute approximate surface area is 132 Å². The summed E-state index contributed by atoms with van der Waals surface area (Å²) in [5.41, 5.74) is -1.94. The largest absolute Gasteiger partial charge is 0.479 e. The first kappa shape index (κ1) is 15.3. The number of nitrogens with zero attached hydrogens (tertiary/aromatic N) is 1. The molecule has 1 aromatic carbocycles. The number of halogens is 2. The molecule has 4 nitrogen and oxygen atoms in total. The van der Waals surface area contributed by atoms with Gasteiger partial charge in [-0.1, -0.05) is 29.8 Å². The summed E-state index contributed by atoms with van der Waals surface area (Å²) < 4.78 is 14.1. The zero-order chi connectivity index (χ0) is 16.0. The molecule has 0 aromatic heterocycles. The molecule has 1 aromatic rings. The number of carboxylic acids is 1. The second-order valence-electron chi connectivity index (χ2n) is 6.30. The number of amides is 1. The van der Waals surface area contributed by atoms with Crippen LogP contribution in [0.25, 0.3) is 0 Å². The lowest BCUT2D eigenvalue weighted by molar-refractivity contribution is -0.150. The van der Waals surface area contributed by atoms with E-state index in [9.17, 15) is 14.0 Å². The van der Waals surface area contributed by atoms with Gasteiger partial charge in [0.1, 0.15) is 0 Å². The fraction of sp³-hybridized carbons (Fsp3) is 0.500. The van der Waals surface area contributed by atoms with Crippen molar-refractivity contribution in [3.63, 3.8) is 0 Å². The van der Waals surface area contributed by atoms with E-state index in [2.05, 4.69) is 0 Å². The van der Waals surface area contributed by atoms with Crippen molar-refractivity contribution in [2.75, 3.05) is 13.1 Å². The quantitative estimate of drug-likeness (QED) is 0.926. The summed E-state index contributed by atoms with van der Waals surface area (Å²) in [6.07, 6.45) is 1.85. The molecule has 2 aliphatic rings. The van der Waals surface area contributed by atoms with Crippen LogP contribution in [0.4, 0.5) is 4.39 Å². The van der Waals surface area contributed by atoms with Gasteiger partial charge in [0.25, 0.3) is 0 Å². The molecule has 1 saturated carbocycles. The SMILES string of the molecule is O=C(O)C1(F)CCN(C(=O)C2(Cc3ccccc3Cl)CC2)C1. The first-order valence-electron chi connectivity index (χ1n) is 7.31. The summed E-state index contributed by atoms with van der Waals surface area (Å²) in [6.45, 7) is -0.197. The van der Waals surface area contributed by atoms with Gasteiger partial charge in [-0.25, -0.2) is 9.18 Å². The van der Waals surface area contributed by atoms with Crippen molar-refractivity contribution >= 4 is 23.5 Å². The van der Waals surface area contributed by atoms with Gasteiger partial charge in [0.15, 0.2) is 0 Å². The number of carbonyl (C=O) groups is 2. The number of carbonyl (C=O) groups excluding carboxylic acids is 1. The molecule has 1 heterocycles. The molecule has 1 aliphatic heterocycles. The minimum atomic E-state index is -2.31. The van der Waals surface area contributed by atoms with Crippen molar-refractivity contribution in [1.82, 2.24) is 4.90 Å². The third-order valence-corrected chi connectivity index (χ3v) is 5.05. The fourth-order valence-corrected chi connectivity index (χ4v) is 3.28. The molecule has 1 amide bonds. The highest BCUT2D eigenvalue weighted by Gasteiger charge is 2.55.